The van der Waals surface area contributed by atoms with Crippen LogP contribution in [-0.2, 0) is 4.79 Å². The van der Waals surface area contributed by atoms with Crippen molar-refractivity contribution in [2.75, 3.05) is 6.54 Å². The lowest BCUT2D eigenvalue weighted by Gasteiger charge is -2.05. The molecular formula is C6H7F3N2O3. The Balaban J connectivity index is 2.24. The summed E-state index contributed by atoms with van der Waals surface area (Å²) in [4.78, 5) is 19.8. The Labute approximate surface area is 76.4 Å². The molecule has 1 saturated carbocycles. The third kappa shape index (κ3) is 2.57. The number of amides is 1. The van der Waals surface area contributed by atoms with Crippen molar-refractivity contribution in [2.24, 2.45) is 5.92 Å². The van der Waals surface area contributed by atoms with Crippen LogP contribution in [0.2, 0.25) is 0 Å². The SMILES string of the molecule is O=C(NC[C@@H]1C[C@H]1[N+](=O)[O-])C(F)(F)F. The van der Waals surface area contributed by atoms with Gasteiger partial charge in [0.05, 0.1) is 5.92 Å². The fourth-order valence-corrected chi connectivity index (χ4v) is 1.03. The third-order valence-electron chi connectivity index (χ3n) is 1.94. The second-order valence-electron chi connectivity index (χ2n) is 3.06. The molecule has 0 unspecified atom stereocenters. The van der Waals surface area contributed by atoms with Gasteiger partial charge in [0.1, 0.15) is 0 Å². The third-order valence-corrected chi connectivity index (χ3v) is 1.94. The number of carbonyl (C=O) groups excluding carboxylic acids is 1. The van der Waals surface area contributed by atoms with E-state index in [2.05, 4.69) is 0 Å². The molecule has 0 aliphatic heterocycles. The van der Waals surface area contributed by atoms with Crippen LogP contribution in [0.4, 0.5) is 13.2 Å². The second-order valence-corrected chi connectivity index (χ2v) is 3.06. The van der Waals surface area contributed by atoms with Gasteiger partial charge in [0.25, 0.3) is 0 Å². The zero-order valence-corrected chi connectivity index (χ0v) is 6.87. The number of nitro groups is 1. The van der Waals surface area contributed by atoms with Crippen LogP contribution in [0.1, 0.15) is 6.42 Å². The molecule has 0 aromatic carbocycles. The van der Waals surface area contributed by atoms with Gasteiger partial charge < -0.3 is 5.32 Å². The summed E-state index contributed by atoms with van der Waals surface area (Å²) in [5.74, 6) is -2.51. The highest BCUT2D eigenvalue weighted by molar-refractivity contribution is 5.81. The number of carbonyl (C=O) groups is 1. The largest absolute Gasteiger partial charge is 0.471 e. The zero-order chi connectivity index (χ0) is 10.9. The van der Waals surface area contributed by atoms with E-state index in [1.165, 1.54) is 0 Å². The minimum absolute atomic E-state index is 0.227. The van der Waals surface area contributed by atoms with Gasteiger partial charge in [-0.05, 0) is 0 Å². The molecule has 1 rings (SSSR count). The first-order valence-corrected chi connectivity index (χ1v) is 3.81. The molecule has 0 radical (unpaired) electrons. The van der Waals surface area contributed by atoms with E-state index in [0.717, 1.165) is 0 Å². The van der Waals surface area contributed by atoms with Gasteiger partial charge in [-0.15, -0.1) is 0 Å². The lowest BCUT2D eigenvalue weighted by atomic mass is 10.4. The first kappa shape index (κ1) is 10.7. The van der Waals surface area contributed by atoms with Gasteiger partial charge in [0.2, 0.25) is 6.04 Å². The molecule has 0 saturated heterocycles. The summed E-state index contributed by atoms with van der Waals surface area (Å²) >= 11 is 0. The number of rotatable bonds is 3. The molecule has 0 heterocycles. The first-order chi connectivity index (χ1) is 6.32. The summed E-state index contributed by atoms with van der Waals surface area (Å²) in [5, 5.41) is 11.7. The van der Waals surface area contributed by atoms with Crippen molar-refractivity contribution in [3.63, 3.8) is 0 Å². The average Bonchev–Trinajstić information content (AvgIpc) is 2.76. The summed E-state index contributed by atoms with van der Waals surface area (Å²) in [7, 11) is 0. The Morgan fingerprint density at radius 3 is 2.50 bits per heavy atom. The lowest BCUT2D eigenvalue weighted by Crippen LogP contribution is -2.38. The number of nitrogens with zero attached hydrogens (tertiary/aromatic N) is 1. The van der Waals surface area contributed by atoms with Gasteiger partial charge in [0, 0.05) is 17.9 Å². The van der Waals surface area contributed by atoms with Crippen LogP contribution in [0.25, 0.3) is 0 Å². The molecule has 0 spiro atoms. The maximum atomic E-state index is 11.6. The molecule has 1 N–H and O–H groups in total. The van der Waals surface area contributed by atoms with Crippen LogP contribution in [0.3, 0.4) is 0 Å². The van der Waals surface area contributed by atoms with Gasteiger partial charge in [-0.25, -0.2) is 0 Å². The van der Waals surface area contributed by atoms with E-state index in [0.29, 0.717) is 0 Å². The van der Waals surface area contributed by atoms with E-state index in [4.69, 9.17) is 0 Å². The van der Waals surface area contributed by atoms with Crippen LogP contribution in [0.5, 0.6) is 0 Å². The highest BCUT2D eigenvalue weighted by Gasteiger charge is 2.49. The molecule has 0 aromatic rings. The average molecular weight is 212 g/mol. The van der Waals surface area contributed by atoms with E-state index in [-0.39, 0.29) is 13.0 Å². The molecule has 1 aliphatic rings. The molecule has 14 heavy (non-hydrogen) atoms. The van der Waals surface area contributed by atoms with Crippen LogP contribution in [0, 0.1) is 16.0 Å². The molecular weight excluding hydrogens is 205 g/mol. The first-order valence-electron chi connectivity index (χ1n) is 3.81. The van der Waals surface area contributed by atoms with Crippen LogP contribution < -0.4 is 5.32 Å². The van der Waals surface area contributed by atoms with Crippen molar-refractivity contribution in [1.29, 1.82) is 0 Å². The van der Waals surface area contributed by atoms with E-state index in [1.807, 2.05) is 0 Å². The van der Waals surface area contributed by atoms with Crippen molar-refractivity contribution in [1.82, 2.24) is 5.32 Å². The van der Waals surface area contributed by atoms with Gasteiger partial charge in [-0.2, -0.15) is 13.2 Å². The minimum atomic E-state index is -4.92. The highest BCUT2D eigenvalue weighted by atomic mass is 19.4. The smallest absolute Gasteiger partial charge is 0.348 e. The maximum absolute atomic E-state index is 11.6. The van der Waals surface area contributed by atoms with E-state index < -0.39 is 29.0 Å². The van der Waals surface area contributed by atoms with Crippen molar-refractivity contribution in [2.45, 2.75) is 18.6 Å². The Bertz CT molecular complexity index is 266. The quantitative estimate of drug-likeness (QED) is 0.541. The molecule has 2 atom stereocenters. The van der Waals surface area contributed by atoms with Crippen molar-refractivity contribution < 1.29 is 22.9 Å². The monoisotopic (exact) mass is 212 g/mol. The van der Waals surface area contributed by atoms with Crippen molar-refractivity contribution in [3.05, 3.63) is 10.1 Å². The molecule has 80 valence electrons. The maximum Gasteiger partial charge on any atom is 0.471 e. The normalized spacial score (nSPS) is 25.6. The predicted octanol–water partition coefficient (Wildman–Crippen LogP) is 0.330. The number of nitrogens with one attached hydrogen (secondary N) is 1. The molecule has 0 bridgehead atoms. The highest BCUT2D eigenvalue weighted by Crippen LogP contribution is 2.32. The fraction of sp³-hybridized carbons (Fsp3) is 0.833. The second kappa shape index (κ2) is 3.43. The van der Waals surface area contributed by atoms with Crippen LogP contribution in [0.15, 0.2) is 0 Å². The summed E-state index contributed by atoms with van der Waals surface area (Å²) < 4.78 is 34.9. The number of hydrogen-bond acceptors (Lipinski definition) is 3. The van der Waals surface area contributed by atoms with E-state index >= 15 is 0 Å². The standard InChI is InChI=1S/C6H7F3N2O3/c7-6(8,9)5(12)10-2-3-1-4(3)11(13)14/h3-4H,1-2H2,(H,10,12)/t3-,4+/m0/s1. The van der Waals surface area contributed by atoms with Crippen molar-refractivity contribution in [3.8, 4) is 0 Å². The van der Waals surface area contributed by atoms with Gasteiger partial charge in [-0.3, -0.25) is 14.9 Å². The molecule has 1 fully saturated rings. The Morgan fingerprint density at radius 2 is 2.14 bits per heavy atom. The van der Waals surface area contributed by atoms with Crippen LogP contribution in [-0.4, -0.2) is 29.6 Å². The lowest BCUT2D eigenvalue weighted by molar-refractivity contribution is -0.498. The van der Waals surface area contributed by atoms with Gasteiger partial charge >= 0.3 is 12.1 Å². The van der Waals surface area contributed by atoms with Gasteiger partial charge in [0.15, 0.2) is 0 Å². The minimum Gasteiger partial charge on any atom is -0.348 e. The molecule has 5 nitrogen and oxygen atoms in total. The van der Waals surface area contributed by atoms with Gasteiger partial charge in [-0.1, -0.05) is 0 Å². The molecule has 1 amide bonds. The van der Waals surface area contributed by atoms with Crippen molar-refractivity contribution >= 4 is 5.91 Å². The molecule has 8 heteroatoms. The molecule has 0 aromatic heterocycles. The summed E-state index contributed by atoms with van der Waals surface area (Å²) in [6.45, 7) is -0.288. The Morgan fingerprint density at radius 1 is 1.57 bits per heavy atom. The van der Waals surface area contributed by atoms with E-state index in [9.17, 15) is 28.1 Å². The predicted molar refractivity (Wildman–Crippen MR) is 38.0 cm³/mol. The zero-order valence-electron chi connectivity index (χ0n) is 6.87. The summed E-state index contributed by atoms with van der Waals surface area (Å²) in [6.07, 6.45) is -4.69. The topological polar surface area (TPSA) is 72.2 Å². The molecule has 1 aliphatic carbocycles. The van der Waals surface area contributed by atoms with Crippen LogP contribution >= 0.6 is 0 Å². The summed E-state index contributed by atoms with van der Waals surface area (Å²) in [5.41, 5.74) is 0. The Kier molecular flexibility index (Phi) is 2.63. The fourth-order valence-electron chi connectivity index (χ4n) is 1.03. The summed E-state index contributed by atoms with van der Waals surface area (Å²) in [6, 6.07) is -0.802. The number of hydrogen-bond donors (Lipinski definition) is 1. The number of halogens is 3. The Hall–Kier alpha value is -1.34. The number of alkyl halides is 3. The van der Waals surface area contributed by atoms with E-state index in [1.54, 1.807) is 5.32 Å².